The second kappa shape index (κ2) is 15.4. The van der Waals surface area contributed by atoms with Crippen molar-refractivity contribution in [3.05, 3.63) is 12.2 Å². The topological polar surface area (TPSA) is 96.0 Å². The van der Waals surface area contributed by atoms with Gasteiger partial charge in [0.05, 0.1) is 6.61 Å². The fourth-order valence-corrected chi connectivity index (χ4v) is 4.06. The Labute approximate surface area is 191 Å². The van der Waals surface area contributed by atoms with Gasteiger partial charge in [-0.05, 0) is 44.9 Å². The Morgan fingerprint density at radius 2 is 1.34 bits per heavy atom. The lowest BCUT2D eigenvalue weighted by Gasteiger charge is -2.14. The lowest BCUT2D eigenvalue weighted by atomic mass is 10.2. The second-order valence-electron chi connectivity index (χ2n) is 8.59. The molecule has 8 nitrogen and oxygen atoms in total. The van der Waals surface area contributed by atoms with E-state index in [0.29, 0.717) is 26.0 Å². The molecule has 0 aromatic rings. The number of hydrogen-bond donors (Lipinski definition) is 1. The van der Waals surface area contributed by atoms with Gasteiger partial charge in [0.25, 0.3) is 0 Å². The summed E-state index contributed by atoms with van der Waals surface area (Å²) in [5, 5.41) is 2.77. The Morgan fingerprint density at radius 1 is 0.781 bits per heavy atom. The second-order valence-corrected chi connectivity index (χ2v) is 8.59. The molecule has 2 aliphatic rings. The minimum absolute atomic E-state index is 0.265. The van der Waals surface area contributed by atoms with E-state index in [1.54, 1.807) is 0 Å². The van der Waals surface area contributed by atoms with E-state index in [4.69, 9.17) is 4.74 Å². The molecule has 0 aromatic carbocycles. The number of nitrogens with zero attached hydrogens (tertiary/aromatic N) is 2. The van der Waals surface area contributed by atoms with Gasteiger partial charge >= 0.3 is 5.97 Å². The molecular formula is C24H39N3O5. The number of carbonyl (C=O) groups is 4. The lowest BCUT2D eigenvalue weighted by molar-refractivity contribution is -0.138. The monoisotopic (exact) mass is 449 g/mol. The molecule has 0 aliphatic carbocycles. The third-order valence-electron chi connectivity index (χ3n) is 5.93. The molecule has 2 fully saturated rings. The molecule has 8 heteroatoms. The molecule has 0 aromatic heterocycles. The number of rotatable bonds is 16. The highest BCUT2D eigenvalue weighted by molar-refractivity contribution is 5.94. The Balaban J connectivity index is 1.36. The molecule has 32 heavy (non-hydrogen) atoms. The van der Waals surface area contributed by atoms with Crippen molar-refractivity contribution in [2.75, 3.05) is 39.3 Å². The van der Waals surface area contributed by atoms with Crippen molar-refractivity contribution in [3.8, 4) is 0 Å². The van der Waals surface area contributed by atoms with Crippen molar-refractivity contribution in [1.29, 1.82) is 0 Å². The first-order valence-corrected chi connectivity index (χ1v) is 12.2. The number of amides is 3. The normalized spacial score (nSPS) is 16.4. The molecule has 2 heterocycles. The van der Waals surface area contributed by atoms with Gasteiger partial charge in [-0.25, -0.2) is 4.79 Å². The van der Waals surface area contributed by atoms with Crippen molar-refractivity contribution < 1.29 is 23.9 Å². The van der Waals surface area contributed by atoms with Crippen LogP contribution in [-0.4, -0.2) is 72.8 Å². The van der Waals surface area contributed by atoms with Gasteiger partial charge in [0.1, 0.15) is 0 Å². The predicted octanol–water partition coefficient (Wildman–Crippen LogP) is 2.57. The van der Waals surface area contributed by atoms with Crippen molar-refractivity contribution in [2.24, 2.45) is 0 Å². The van der Waals surface area contributed by atoms with Gasteiger partial charge in [-0.1, -0.05) is 19.3 Å². The molecule has 2 rings (SSSR count). The molecule has 0 radical (unpaired) electrons. The molecule has 0 atom stereocenters. The standard InChI is InChI=1S/C24H39N3O5/c28-21(25-15-5-1-2-6-16-26-18-9-11-22(26)29)13-14-24(31)32-20-8-4-3-7-17-27-19-10-12-23(27)30/h13-14H,1-12,15-20H2,(H,25,28)/b14-13-. The fourth-order valence-electron chi connectivity index (χ4n) is 4.06. The Morgan fingerprint density at radius 3 is 1.91 bits per heavy atom. The van der Waals surface area contributed by atoms with Crippen LogP contribution in [0.5, 0.6) is 0 Å². The summed E-state index contributed by atoms with van der Waals surface area (Å²) in [7, 11) is 0. The van der Waals surface area contributed by atoms with Gasteiger partial charge in [-0.2, -0.15) is 0 Å². The highest BCUT2D eigenvalue weighted by Gasteiger charge is 2.19. The Bertz CT molecular complexity index is 596. The number of hydrogen-bond acceptors (Lipinski definition) is 5. The summed E-state index contributed by atoms with van der Waals surface area (Å²) in [4.78, 5) is 50.3. The quantitative estimate of drug-likeness (QED) is 0.222. The van der Waals surface area contributed by atoms with E-state index in [1.165, 1.54) is 12.2 Å². The summed E-state index contributed by atoms with van der Waals surface area (Å²) in [6.07, 6.45) is 13.4. The highest BCUT2D eigenvalue weighted by Crippen LogP contribution is 2.12. The highest BCUT2D eigenvalue weighted by atomic mass is 16.5. The van der Waals surface area contributed by atoms with Crippen LogP contribution in [0.1, 0.15) is 77.0 Å². The van der Waals surface area contributed by atoms with Gasteiger partial charge in [0.15, 0.2) is 0 Å². The minimum atomic E-state index is -0.501. The zero-order valence-corrected chi connectivity index (χ0v) is 19.3. The first-order valence-electron chi connectivity index (χ1n) is 12.2. The molecular weight excluding hydrogens is 410 g/mol. The van der Waals surface area contributed by atoms with E-state index < -0.39 is 5.97 Å². The average Bonchev–Trinajstić information content (AvgIpc) is 3.38. The largest absolute Gasteiger partial charge is 0.463 e. The van der Waals surface area contributed by atoms with Crippen molar-refractivity contribution in [1.82, 2.24) is 15.1 Å². The van der Waals surface area contributed by atoms with Gasteiger partial charge in [-0.3, -0.25) is 14.4 Å². The van der Waals surface area contributed by atoms with E-state index in [2.05, 4.69) is 5.32 Å². The van der Waals surface area contributed by atoms with Crippen molar-refractivity contribution in [3.63, 3.8) is 0 Å². The van der Waals surface area contributed by atoms with Gasteiger partial charge in [0.2, 0.25) is 17.7 Å². The van der Waals surface area contributed by atoms with Crippen LogP contribution in [0.2, 0.25) is 0 Å². The summed E-state index contributed by atoms with van der Waals surface area (Å²) in [5.41, 5.74) is 0. The zero-order chi connectivity index (χ0) is 23.0. The van der Waals surface area contributed by atoms with Crippen LogP contribution in [0.25, 0.3) is 0 Å². The molecule has 0 unspecified atom stereocenters. The minimum Gasteiger partial charge on any atom is -0.463 e. The number of ether oxygens (including phenoxy) is 1. The molecule has 0 spiro atoms. The summed E-state index contributed by atoms with van der Waals surface area (Å²) in [6.45, 7) is 4.37. The van der Waals surface area contributed by atoms with Gasteiger partial charge in [-0.15, -0.1) is 0 Å². The molecule has 180 valence electrons. The summed E-state index contributed by atoms with van der Waals surface area (Å²) in [6, 6.07) is 0. The number of nitrogens with one attached hydrogen (secondary N) is 1. The summed E-state index contributed by atoms with van der Waals surface area (Å²) < 4.78 is 5.11. The molecule has 2 saturated heterocycles. The molecule has 2 aliphatic heterocycles. The van der Waals surface area contributed by atoms with Crippen molar-refractivity contribution in [2.45, 2.75) is 77.0 Å². The average molecular weight is 450 g/mol. The van der Waals surface area contributed by atoms with E-state index in [-0.39, 0.29) is 17.7 Å². The fraction of sp³-hybridized carbons (Fsp3) is 0.750. The first kappa shape index (κ1) is 25.9. The van der Waals surface area contributed by atoms with Crippen LogP contribution in [0.4, 0.5) is 0 Å². The third kappa shape index (κ3) is 10.8. The maximum absolute atomic E-state index is 11.7. The molecule has 0 saturated carbocycles. The SMILES string of the molecule is O=C(/C=C\C(=O)OCCCCCCN1CCCC1=O)NCCCCCCN1CCCC1=O. The number of esters is 1. The maximum Gasteiger partial charge on any atom is 0.330 e. The van der Waals surface area contributed by atoms with Crippen LogP contribution in [0, 0.1) is 0 Å². The van der Waals surface area contributed by atoms with Crippen LogP contribution >= 0.6 is 0 Å². The zero-order valence-electron chi connectivity index (χ0n) is 19.3. The van der Waals surface area contributed by atoms with Gasteiger partial charge < -0.3 is 19.9 Å². The molecule has 1 N–H and O–H groups in total. The Kier molecular flexibility index (Phi) is 12.5. The van der Waals surface area contributed by atoms with Crippen LogP contribution in [0.3, 0.4) is 0 Å². The summed E-state index contributed by atoms with van der Waals surface area (Å²) in [5.74, 6) is -0.254. The van der Waals surface area contributed by atoms with E-state index in [0.717, 1.165) is 90.4 Å². The van der Waals surface area contributed by atoms with Gasteiger partial charge in [0, 0.05) is 57.7 Å². The van der Waals surface area contributed by atoms with Crippen LogP contribution < -0.4 is 5.32 Å². The third-order valence-corrected chi connectivity index (χ3v) is 5.93. The Hall–Kier alpha value is -2.38. The number of likely N-dealkylation sites (tertiary alicyclic amines) is 2. The molecule has 3 amide bonds. The van der Waals surface area contributed by atoms with Crippen molar-refractivity contribution >= 4 is 23.7 Å². The van der Waals surface area contributed by atoms with E-state index >= 15 is 0 Å². The van der Waals surface area contributed by atoms with E-state index in [1.807, 2.05) is 9.80 Å². The maximum atomic E-state index is 11.7. The molecule has 0 bridgehead atoms. The van der Waals surface area contributed by atoms with E-state index in [9.17, 15) is 19.2 Å². The number of carbonyl (C=O) groups excluding carboxylic acids is 4. The number of unbranched alkanes of at least 4 members (excludes halogenated alkanes) is 6. The van der Waals surface area contributed by atoms with Crippen LogP contribution in [-0.2, 0) is 23.9 Å². The smallest absolute Gasteiger partial charge is 0.330 e. The summed E-state index contributed by atoms with van der Waals surface area (Å²) >= 11 is 0. The van der Waals surface area contributed by atoms with Crippen LogP contribution in [0.15, 0.2) is 12.2 Å². The predicted molar refractivity (Wildman–Crippen MR) is 122 cm³/mol. The first-order chi connectivity index (χ1) is 15.6. The lowest BCUT2D eigenvalue weighted by Crippen LogP contribution is -2.25.